The molecule has 7 rings (SSSR count). The van der Waals surface area contributed by atoms with Gasteiger partial charge < -0.3 is 19.9 Å². The number of hydrogen-bond acceptors (Lipinski definition) is 5. The lowest BCUT2D eigenvalue weighted by molar-refractivity contribution is -0.276. The van der Waals surface area contributed by atoms with E-state index < -0.39 is 6.29 Å². The van der Waals surface area contributed by atoms with Crippen molar-refractivity contribution in [3.05, 3.63) is 203 Å². The monoisotopic (exact) mass is 702 g/mol. The van der Waals surface area contributed by atoms with Crippen LogP contribution in [0.1, 0.15) is 63.1 Å². The lowest BCUT2D eigenvalue weighted by atomic mass is 9.89. The molecular formula is C47H46N2O4. The van der Waals surface area contributed by atoms with Gasteiger partial charge in [0.2, 0.25) is 0 Å². The molecule has 0 unspecified atom stereocenters. The number of nitrogens with one attached hydrogen (secondary N) is 1. The molecule has 0 aliphatic carbocycles. The van der Waals surface area contributed by atoms with Crippen LogP contribution in [0.25, 0.3) is 11.1 Å². The molecule has 268 valence electrons. The van der Waals surface area contributed by atoms with E-state index in [9.17, 15) is 9.90 Å². The van der Waals surface area contributed by atoms with Gasteiger partial charge in [0.25, 0.3) is 5.91 Å². The normalized spacial score (nSPS) is 18.5. The summed E-state index contributed by atoms with van der Waals surface area (Å²) < 4.78 is 13.7. The average molecular weight is 703 g/mol. The topological polar surface area (TPSA) is 71.0 Å². The number of rotatable bonds is 13. The Bertz CT molecular complexity index is 2000. The van der Waals surface area contributed by atoms with Crippen LogP contribution in [0.2, 0.25) is 0 Å². The van der Waals surface area contributed by atoms with Gasteiger partial charge in [-0.25, -0.2) is 0 Å². The molecule has 53 heavy (non-hydrogen) atoms. The lowest BCUT2D eigenvalue weighted by Gasteiger charge is -2.43. The zero-order chi connectivity index (χ0) is 36.4. The molecule has 6 heteroatoms. The van der Waals surface area contributed by atoms with Crippen molar-refractivity contribution >= 4 is 5.91 Å². The number of hydrogen-bond donors (Lipinski definition) is 2. The molecule has 6 nitrogen and oxygen atoms in total. The van der Waals surface area contributed by atoms with Gasteiger partial charge >= 0.3 is 0 Å². The molecule has 1 saturated heterocycles. The molecule has 0 radical (unpaired) electrons. The Labute approximate surface area is 312 Å². The highest BCUT2D eigenvalue weighted by atomic mass is 16.7. The summed E-state index contributed by atoms with van der Waals surface area (Å²) >= 11 is 0. The van der Waals surface area contributed by atoms with Crippen LogP contribution in [0.15, 0.2) is 164 Å². The maximum atomic E-state index is 12.6. The van der Waals surface area contributed by atoms with Crippen molar-refractivity contribution in [3.8, 4) is 11.1 Å². The molecule has 1 aliphatic rings. The first-order chi connectivity index (χ1) is 26.0. The minimum atomic E-state index is -0.567. The first-order valence-corrected chi connectivity index (χ1v) is 18.4. The van der Waals surface area contributed by atoms with Crippen LogP contribution >= 0.6 is 0 Å². The number of amides is 1. The standard InChI is InChI=1S/C47H46N2O4/c1-34-44(32-49(30-35-12-5-2-6-13-35)31-36-14-7-3-8-15-36)52-47(53-45(34)40-22-20-37(33-50)21-23-40)42-26-24-39(25-27-42)43-19-11-16-38(28-43)29-48-46(51)41-17-9-4-10-18-41/h2-28,34,44-45,47,50H,29-33H2,1H3,(H,48,51)/t34-,44+,45+,47+/m1/s1. The van der Waals surface area contributed by atoms with E-state index in [4.69, 9.17) is 9.47 Å². The first-order valence-electron chi connectivity index (χ1n) is 18.4. The molecule has 6 aromatic carbocycles. The average Bonchev–Trinajstić information content (AvgIpc) is 3.22. The Hall–Kier alpha value is -5.37. The molecule has 2 N–H and O–H groups in total. The number of ether oxygens (including phenoxy) is 2. The van der Waals surface area contributed by atoms with Crippen LogP contribution in [0.5, 0.6) is 0 Å². The van der Waals surface area contributed by atoms with Crippen molar-refractivity contribution in [3.63, 3.8) is 0 Å². The van der Waals surface area contributed by atoms with Gasteiger partial charge in [-0.3, -0.25) is 9.69 Å². The number of carbonyl (C=O) groups is 1. The van der Waals surface area contributed by atoms with Gasteiger partial charge in [0.05, 0.1) is 18.8 Å². The van der Waals surface area contributed by atoms with E-state index in [1.807, 2.05) is 54.6 Å². The quantitative estimate of drug-likeness (QED) is 0.126. The minimum Gasteiger partial charge on any atom is -0.392 e. The van der Waals surface area contributed by atoms with Gasteiger partial charge in [-0.15, -0.1) is 0 Å². The summed E-state index contributed by atoms with van der Waals surface area (Å²) in [5.41, 5.74) is 9.22. The SMILES string of the molecule is C[C@@H]1[C@H](CN(Cc2ccccc2)Cc2ccccc2)O[C@H](c2ccc(-c3cccc(CNC(=O)c4ccccc4)c3)cc2)O[C@@H]1c1ccc(CO)cc1. The smallest absolute Gasteiger partial charge is 0.251 e. The van der Waals surface area contributed by atoms with Gasteiger partial charge in [-0.1, -0.05) is 153 Å². The summed E-state index contributed by atoms with van der Waals surface area (Å²) in [7, 11) is 0. The summed E-state index contributed by atoms with van der Waals surface area (Å²) in [6.45, 7) is 4.98. The summed E-state index contributed by atoms with van der Waals surface area (Å²) in [5, 5.41) is 12.7. The highest BCUT2D eigenvalue weighted by Gasteiger charge is 2.39. The van der Waals surface area contributed by atoms with Gasteiger partial charge in [0, 0.05) is 43.2 Å². The lowest BCUT2D eigenvalue weighted by Crippen LogP contribution is -2.44. The molecule has 1 heterocycles. The van der Waals surface area contributed by atoms with Crippen molar-refractivity contribution in [2.75, 3.05) is 6.54 Å². The summed E-state index contributed by atoms with van der Waals surface area (Å²) in [5.74, 6) is -0.0315. The predicted molar refractivity (Wildman–Crippen MR) is 209 cm³/mol. The van der Waals surface area contributed by atoms with Crippen molar-refractivity contribution in [2.45, 2.75) is 51.7 Å². The fourth-order valence-electron chi connectivity index (χ4n) is 7.02. The van der Waals surface area contributed by atoms with Gasteiger partial charge in [0.1, 0.15) is 0 Å². The molecular weight excluding hydrogens is 657 g/mol. The van der Waals surface area contributed by atoms with Crippen LogP contribution in [-0.2, 0) is 35.7 Å². The Morgan fingerprint density at radius 2 is 1.21 bits per heavy atom. The number of benzene rings is 6. The largest absolute Gasteiger partial charge is 0.392 e. The Morgan fingerprint density at radius 3 is 1.83 bits per heavy atom. The van der Waals surface area contributed by atoms with Crippen molar-refractivity contribution in [1.29, 1.82) is 0 Å². The second-order valence-corrected chi connectivity index (χ2v) is 13.8. The molecule has 1 fully saturated rings. The van der Waals surface area contributed by atoms with E-state index in [1.54, 1.807) is 0 Å². The Morgan fingerprint density at radius 1 is 0.623 bits per heavy atom. The van der Waals surface area contributed by atoms with E-state index in [2.05, 4.69) is 126 Å². The fourth-order valence-corrected chi connectivity index (χ4v) is 7.02. The van der Waals surface area contributed by atoms with Crippen molar-refractivity contribution in [1.82, 2.24) is 10.2 Å². The number of carbonyl (C=O) groups excluding carboxylic acids is 1. The van der Waals surface area contributed by atoms with E-state index >= 15 is 0 Å². The third kappa shape index (κ3) is 9.36. The summed E-state index contributed by atoms with van der Waals surface area (Å²) in [6.07, 6.45) is -0.891. The van der Waals surface area contributed by atoms with E-state index in [1.165, 1.54) is 11.1 Å². The second kappa shape index (κ2) is 17.4. The molecule has 1 aliphatic heterocycles. The molecule has 0 bridgehead atoms. The molecule has 1 amide bonds. The summed E-state index contributed by atoms with van der Waals surface area (Å²) in [6, 6.07) is 55.2. The summed E-state index contributed by atoms with van der Waals surface area (Å²) in [4.78, 5) is 15.1. The first kappa shape index (κ1) is 36.0. The number of aliphatic hydroxyl groups is 1. The zero-order valence-corrected chi connectivity index (χ0v) is 30.1. The van der Waals surface area contributed by atoms with E-state index in [-0.39, 0.29) is 30.6 Å². The van der Waals surface area contributed by atoms with Gasteiger partial charge in [0.15, 0.2) is 6.29 Å². The maximum Gasteiger partial charge on any atom is 0.251 e. The number of aliphatic hydroxyl groups excluding tert-OH is 1. The molecule has 4 atom stereocenters. The highest BCUT2D eigenvalue weighted by Crippen LogP contribution is 2.42. The fraction of sp³-hybridized carbons (Fsp3) is 0.213. The Kier molecular flexibility index (Phi) is 11.8. The minimum absolute atomic E-state index is 0.00122. The molecule has 0 spiro atoms. The molecule has 0 saturated carbocycles. The second-order valence-electron chi connectivity index (χ2n) is 13.8. The van der Waals surface area contributed by atoms with E-state index in [0.717, 1.165) is 53.0 Å². The van der Waals surface area contributed by atoms with Crippen LogP contribution < -0.4 is 5.32 Å². The number of nitrogens with zero attached hydrogens (tertiary/aromatic N) is 1. The van der Waals surface area contributed by atoms with E-state index in [0.29, 0.717) is 12.1 Å². The zero-order valence-electron chi connectivity index (χ0n) is 30.1. The molecule has 6 aromatic rings. The third-order valence-electron chi connectivity index (χ3n) is 9.99. The van der Waals surface area contributed by atoms with Crippen LogP contribution in [0, 0.1) is 5.92 Å². The molecule has 0 aromatic heterocycles. The van der Waals surface area contributed by atoms with Crippen LogP contribution in [0.4, 0.5) is 0 Å². The third-order valence-corrected chi connectivity index (χ3v) is 9.99. The predicted octanol–water partition coefficient (Wildman–Crippen LogP) is 9.27. The maximum absolute atomic E-state index is 12.6. The van der Waals surface area contributed by atoms with Crippen LogP contribution in [-0.4, -0.2) is 28.6 Å². The van der Waals surface area contributed by atoms with Gasteiger partial charge in [-0.05, 0) is 57.1 Å². The van der Waals surface area contributed by atoms with Crippen molar-refractivity contribution < 1.29 is 19.4 Å². The highest BCUT2D eigenvalue weighted by molar-refractivity contribution is 5.94. The van der Waals surface area contributed by atoms with Crippen molar-refractivity contribution in [2.24, 2.45) is 5.92 Å². The van der Waals surface area contributed by atoms with Gasteiger partial charge in [-0.2, -0.15) is 0 Å². The van der Waals surface area contributed by atoms with Crippen LogP contribution in [0.3, 0.4) is 0 Å². The Balaban J connectivity index is 1.11.